The lowest BCUT2D eigenvalue weighted by Gasteiger charge is -2.04. The summed E-state index contributed by atoms with van der Waals surface area (Å²) < 4.78 is 2.71. The van der Waals surface area contributed by atoms with Crippen LogP contribution in [0.3, 0.4) is 0 Å². The largest absolute Gasteiger partial charge is 0.298 e. The molecular weight excluding hydrogens is 358 g/mol. The van der Waals surface area contributed by atoms with Crippen molar-refractivity contribution in [3.8, 4) is 11.3 Å². The maximum Gasteiger partial charge on any atom is 0.262 e. The Morgan fingerprint density at radius 1 is 1.00 bits per heavy atom. The normalized spacial score (nSPS) is 11.1. The van der Waals surface area contributed by atoms with Gasteiger partial charge in [-0.1, -0.05) is 53.8 Å². The maximum absolute atomic E-state index is 12.8. The van der Waals surface area contributed by atoms with E-state index < -0.39 is 0 Å². The minimum Gasteiger partial charge on any atom is -0.298 e. The number of rotatable bonds is 3. The second-order valence-electron chi connectivity index (χ2n) is 5.93. The van der Waals surface area contributed by atoms with E-state index in [0.717, 1.165) is 21.5 Å². The first-order valence-corrected chi connectivity index (χ1v) is 9.16. The van der Waals surface area contributed by atoms with Crippen LogP contribution >= 0.6 is 11.3 Å². The van der Waals surface area contributed by atoms with E-state index >= 15 is 0 Å². The first-order chi connectivity index (χ1) is 13.3. The molecule has 27 heavy (non-hydrogen) atoms. The van der Waals surface area contributed by atoms with Gasteiger partial charge in [0, 0.05) is 11.8 Å². The summed E-state index contributed by atoms with van der Waals surface area (Å²) >= 11 is 1.44. The molecule has 0 bridgehead atoms. The number of amides is 1. The van der Waals surface area contributed by atoms with Gasteiger partial charge in [-0.3, -0.25) is 10.1 Å². The van der Waals surface area contributed by atoms with Crippen LogP contribution < -0.4 is 5.32 Å². The van der Waals surface area contributed by atoms with Gasteiger partial charge in [0.05, 0.1) is 22.1 Å². The van der Waals surface area contributed by atoms with Crippen molar-refractivity contribution in [2.24, 2.45) is 0 Å². The molecule has 0 saturated carbocycles. The molecule has 0 aliphatic heterocycles. The highest BCUT2D eigenvalue weighted by molar-refractivity contribution is 7.22. The zero-order chi connectivity index (χ0) is 18.2. The van der Waals surface area contributed by atoms with Gasteiger partial charge in [-0.05, 0) is 18.2 Å². The van der Waals surface area contributed by atoms with Crippen LogP contribution in [0.25, 0.3) is 27.1 Å². The van der Waals surface area contributed by atoms with E-state index in [1.807, 2.05) is 60.7 Å². The van der Waals surface area contributed by atoms with Crippen LogP contribution in [-0.4, -0.2) is 25.5 Å². The number of thiazole rings is 1. The van der Waals surface area contributed by atoms with Gasteiger partial charge < -0.3 is 0 Å². The molecule has 1 N–H and O–H groups in total. The van der Waals surface area contributed by atoms with Crippen LogP contribution in [0.1, 0.15) is 10.4 Å². The van der Waals surface area contributed by atoms with Gasteiger partial charge in [0.25, 0.3) is 5.91 Å². The number of benzene rings is 2. The van der Waals surface area contributed by atoms with Crippen molar-refractivity contribution in [1.82, 2.24) is 19.6 Å². The summed E-state index contributed by atoms with van der Waals surface area (Å²) in [6.07, 6.45) is 3.23. The zero-order valence-corrected chi connectivity index (χ0v) is 14.9. The molecular formula is C20H13N5OS. The molecule has 0 fully saturated rings. The second kappa shape index (κ2) is 6.30. The van der Waals surface area contributed by atoms with Crippen LogP contribution in [0.15, 0.2) is 73.1 Å². The number of fused-ring (bicyclic) bond motifs is 2. The summed E-state index contributed by atoms with van der Waals surface area (Å²) in [5.74, 6) is -0.276. The summed E-state index contributed by atoms with van der Waals surface area (Å²) in [5.41, 5.74) is 3.66. The Hall–Kier alpha value is -3.58. The molecule has 7 heteroatoms. The van der Waals surface area contributed by atoms with Crippen molar-refractivity contribution < 1.29 is 4.79 Å². The Bertz CT molecular complexity index is 1240. The number of aromatic nitrogens is 4. The molecule has 3 heterocycles. The lowest BCUT2D eigenvalue weighted by atomic mass is 10.1. The first kappa shape index (κ1) is 15.7. The molecule has 130 valence electrons. The second-order valence-corrected chi connectivity index (χ2v) is 6.96. The standard InChI is InChI=1S/C20H13N5OS/c26-19(24-20-23-15-8-4-5-9-17(15)27-20)14-12-22-25-16(10-11-21-18(14)25)13-6-2-1-3-7-13/h1-12H,(H,23,24,26). The highest BCUT2D eigenvalue weighted by atomic mass is 32.1. The van der Waals surface area contributed by atoms with Crippen molar-refractivity contribution >= 4 is 38.2 Å². The highest BCUT2D eigenvalue weighted by Gasteiger charge is 2.17. The number of carbonyl (C=O) groups is 1. The topological polar surface area (TPSA) is 72.2 Å². The summed E-state index contributed by atoms with van der Waals surface area (Å²) in [6.45, 7) is 0. The van der Waals surface area contributed by atoms with Gasteiger partial charge in [0.15, 0.2) is 10.8 Å². The van der Waals surface area contributed by atoms with Crippen LogP contribution in [-0.2, 0) is 0 Å². The molecule has 5 aromatic rings. The van der Waals surface area contributed by atoms with E-state index in [0.29, 0.717) is 16.3 Å². The molecule has 6 nitrogen and oxygen atoms in total. The number of hydrogen-bond acceptors (Lipinski definition) is 5. The van der Waals surface area contributed by atoms with Crippen LogP contribution in [0.5, 0.6) is 0 Å². The molecule has 0 saturated heterocycles. The molecule has 0 aliphatic carbocycles. The SMILES string of the molecule is O=C(Nc1nc2ccccc2s1)c1cnn2c(-c3ccccc3)ccnc12. The first-order valence-electron chi connectivity index (χ1n) is 8.35. The third-order valence-electron chi connectivity index (χ3n) is 4.23. The van der Waals surface area contributed by atoms with Crippen molar-refractivity contribution in [1.29, 1.82) is 0 Å². The molecule has 3 aromatic heterocycles. The van der Waals surface area contributed by atoms with Gasteiger partial charge >= 0.3 is 0 Å². The highest BCUT2D eigenvalue weighted by Crippen LogP contribution is 2.26. The average molecular weight is 371 g/mol. The van der Waals surface area contributed by atoms with E-state index in [9.17, 15) is 4.79 Å². The number of nitrogens with one attached hydrogen (secondary N) is 1. The summed E-state index contributed by atoms with van der Waals surface area (Å²) in [5, 5.41) is 7.79. The lowest BCUT2D eigenvalue weighted by Crippen LogP contribution is -2.11. The molecule has 0 spiro atoms. The third kappa shape index (κ3) is 2.74. The van der Waals surface area contributed by atoms with E-state index in [2.05, 4.69) is 20.4 Å². The van der Waals surface area contributed by atoms with Crippen molar-refractivity contribution in [2.45, 2.75) is 0 Å². The Balaban J connectivity index is 1.52. The van der Waals surface area contributed by atoms with Crippen LogP contribution in [0.2, 0.25) is 0 Å². The van der Waals surface area contributed by atoms with E-state index in [1.54, 1.807) is 10.7 Å². The van der Waals surface area contributed by atoms with Crippen molar-refractivity contribution in [3.63, 3.8) is 0 Å². The predicted molar refractivity (Wildman–Crippen MR) is 106 cm³/mol. The average Bonchev–Trinajstić information content (AvgIpc) is 3.32. The predicted octanol–water partition coefficient (Wildman–Crippen LogP) is 4.26. The third-order valence-corrected chi connectivity index (χ3v) is 5.18. The summed E-state index contributed by atoms with van der Waals surface area (Å²) in [7, 11) is 0. The number of carbonyl (C=O) groups excluding carboxylic acids is 1. The van der Waals surface area contributed by atoms with Gasteiger partial charge in [-0.2, -0.15) is 5.10 Å². The molecule has 0 aliphatic rings. The Morgan fingerprint density at radius 2 is 1.81 bits per heavy atom. The minimum atomic E-state index is -0.276. The Morgan fingerprint density at radius 3 is 2.67 bits per heavy atom. The van der Waals surface area contributed by atoms with Gasteiger partial charge in [0.1, 0.15) is 5.56 Å². The number of anilines is 1. The van der Waals surface area contributed by atoms with Crippen molar-refractivity contribution in [2.75, 3.05) is 5.32 Å². The Labute approximate surface area is 158 Å². The van der Waals surface area contributed by atoms with Crippen LogP contribution in [0, 0.1) is 0 Å². The molecule has 0 atom stereocenters. The number of para-hydroxylation sites is 1. The van der Waals surface area contributed by atoms with E-state index in [1.165, 1.54) is 17.5 Å². The monoisotopic (exact) mass is 371 g/mol. The fourth-order valence-electron chi connectivity index (χ4n) is 2.97. The minimum absolute atomic E-state index is 0.276. The Kier molecular flexibility index (Phi) is 3.65. The van der Waals surface area contributed by atoms with Gasteiger partial charge in [-0.15, -0.1) is 0 Å². The number of nitrogens with zero attached hydrogens (tertiary/aromatic N) is 4. The molecule has 0 unspecified atom stereocenters. The smallest absolute Gasteiger partial charge is 0.262 e. The maximum atomic E-state index is 12.8. The molecule has 1 amide bonds. The van der Waals surface area contributed by atoms with Gasteiger partial charge in [0.2, 0.25) is 0 Å². The molecule has 2 aromatic carbocycles. The summed E-state index contributed by atoms with van der Waals surface area (Å²) in [4.78, 5) is 21.6. The fourth-order valence-corrected chi connectivity index (χ4v) is 3.83. The lowest BCUT2D eigenvalue weighted by molar-refractivity contribution is 0.102. The van der Waals surface area contributed by atoms with Crippen molar-refractivity contribution in [3.05, 3.63) is 78.6 Å². The van der Waals surface area contributed by atoms with E-state index in [-0.39, 0.29) is 5.91 Å². The van der Waals surface area contributed by atoms with Crippen LogP contribution in [0.4, 0.5) is 5.13 Å². The number of hydrogen-bond donors (Lipinski definition) is 1. The molecule has 5 rings (SSSR count). The zero-order valence-electron chi connectivity index (χ0n) is 14.0. The quantitative estimate of drug-likeness (QED) is 0.514. The summed E-state index contributed by atoms with van der Waals surface area (Å²) in [6, 6.07) is 19.5. The van der Waals surface area contributed by atoms with Gasteiger partial charge in [-0.25, -0.2) is 14.5 Å². The van der Waals surface area contributed by atoms with E-state index in [4.69, 9.17) is 0 Å². The fraction of sp³-hybridized carbons (Fsp3) is 0. The molecule has 0 radical (unpaired) electrons.